The topological polar surface area (TPSA) is 61.0 Å². The number of halogens is 2. The van der Waals surface area contributed by atoms with Gasteiger partial charge in [0.15, 0.2) is 3.70 Å². The molecule has 0 saturated heterocycles. The molecular formula is C7H9ClIN3O2. The van der Waals surface area contributed by atoms with Crippen molar-refractivity contribution in [2.75, 3.05) is 0 Å². The molecule has 0 aromatic carbocycles. The summed E-state index contributed by atoms with van der Waals surface area (Å²) < 4.78 is 2.00. The van der Waals surface area contributed by atoms with Crippen molar-refractivity contribution in [3.63, 3.8) is 0 Å². The zero-order valence-electron chi connectivity index (χ0n) is 7.91. The Hall–Kier alpha value is -0.370. The van der Waals surface area contributed by atoms with Crippen molar-refractivity contribution in [1.82, 2.24) is 9.78 Å². The van der Waals surface area contributed by atoms with Gasteiger partial charge in [0.25, 0.3) is 0 Å². The molecule has 0 unspecified atom stereocenters. The van der Waals surface area contributed by atoms with Crippen molar-refractivity contribution in [2.45, 2.75) is 26.3 Å². The van der Waals surface area contributed by atoms with E-state index in [0.717, 1.165) is 0 Å². The Morgan fingerprint density at radius 2 is 2.07 bits per heavy atom. The molecule has 1 aromatic rings. The molecule has 0 N–H and O–H groups in total. The van der Waals surface area contributed by atoms with Crippen molar-refractivity contribution in [1.29, 1.82) is 0 Å². The Bertz CT molecular complexity index is 383. The summed E-state index contributed by atoms with van der Waals surface area (Å²) in [4.78, 5) is 10.1. The molecule has 0 aliphatic rings. The molecule has 7 heteroatoms. The lowest BCUT2D eigenvalue weighted by atomic mass is 10.1. The molecule has 0 atom stereocenters. The summed E-state index contributed by atoms with van der Waals surface area (Å²) in [6.45, 7) is 5.71. The second kappa shape index (κ2) is 3.65. The van der Waals surface area contributed by atoms with Crippen LogP contribution < -0.4 is 0 Å². The molecule has 1 rings (SSSR count). The van der Waals surface area contributed by atoms with Crippen molar-refractivity contribution in [3.8, 4) is 0 Å². The zero-order chi connectivity index (χ0) is 11.1. The standard InChI is InChI=1S/C7H9ClIN3O2/c1-7(2,3)11-6(9)4(12(13)14)5(8)10-11/h1-3H3. The largest absolute Gasteiger partial charge is 0.339 e. The molecule has 0 bridgehead atoms. The van der Waals surface area contributed by atoms with Crippen molar-refractivity contribution >= 4 is 39.9 Å². The average molecular weight is 330 g/mol. The molecule has 14 heavy (non-hydrogen) atoms. The van der Waals surface area contributed by atoms with Gasteiger partial charge in [-0.3, -0.25) is 10.1 Å². The van der Waals surface area contributed by atoms with Crippen LogP contribution in [0.2, 0.25) is 5.15 Å². The molecule has 0 aliphatic carbocycles. The predicted octanol–water partition coefficient (Wildman–Crippen LogP) is 2.80. The first kappa shape index (κ1) is 11.7. The van der Waals surface area contributed by atoms with Gasteiger partial charge in [-0.1, -0.05) is 11.6 Å². The summed E-state index contributed by atoms with van der Waals surface area (Å²) in [7, 11) is 0. The van der Waals surface area contributed by atoms with Crippen LogP contribution in [0.25, 0.3) is 0 Å². The molecule has 5 nitrogen and oxygen atoms in total. The van der Waals surface area contributed by atoms with Gasteiger partial charge in [-0.2, -0.15) is 5.10 Å². The minimum Gasteiger partial charge on any atom is -0.258 e. The van der Waals surface area contributed by atoms with Crippen LogP contribution in [0, 0.1) is 13.8 Å². The first-order valence-electron chi connectivity index (χ1n) is 3.84. The van der Waals surface area contributed by atoms with Crippen LogP contribution in [0.4, 0.5) is 5.69 Å². The average Bonchev–Trinajstić information content (AvgIpc) is 2.24. The SMILES string of the molecule is CC(C)(C)n1nc(Cl)c([N+](=O)[O-])c1I. The fourth-order valence-electron chi connectivity index (χ4n) is 0.960. The van der Waals surface area contributed by atoms with Crippen LogP contribution in [0.3, 0.4) is 0 Å². The lowest BCUT2D eigenvalue weighted by molar-refractivity contribution is -0.385. The van der Waals surface area contributed by atoms with E-state index in [4.69, 9.17) is 11.6 Å². The summed E-state index contributed by atoms with van der Waals surface area (Å²) in [6, 6.07) is 0. The molecule has 0 amide bonds. The first-order valence-corrected chi connectivity index (χ1v) is 5.29. The van der Waals surface area contributed by atoms with Crippen LogP contribution in [0.1, 0.15) is 20.8 Å². The Balaban J connectivity index is 3.39. The Kier molecular flexibility index (Phi) is 3.05. The monoisotopic (exact) mass is 329 g/mol. The molecule has 0 aliphatic heterocycles. The number of nitrogens with zero attached hydrogens (tertiary/aromatic N) is 3. The summed E-state index contributed by atoms with van der Waals surface area (Å²) >= 11 is 7.55. The third-order valence-corrected chi connectivity index (χ3v) is 2.81. The molecule has 0 fully saturated rings. The van der Waals surface area contributed by atoms with E-state index < -0.39 is 4.92 Å². The van der Waals surface area contributed by atoms with Gasteiger partial charge < -0.3 is 0 Å². The summed E-state index contributed by atoms with van der Waals surface area (Å²) in [5.74, 6) is 0. The van der Waals surface area contributed by atoms with Gasteiger partial charge in [0.05, 0.1) is 10.5 Å². The van der Waals surface area contributed by atoms with E-state index in [1.165, 1.54) is 0 Å². The molecule has 1 heterocycles. The fourth-order valence-corrected chi connectivity index (χ4v) is 2.64. The Morgan fingerprint density at radius 1 is 1.57 bits per heavy atom. The predicted molar refractivity (Wildman–Crippen MR) is 61.6 cm³/mol. The summed E-state index contributed by atoms with van der Waals surface area (Å²) in [5, 5.41) is 14.5. The maximum absolute atomic E-state index is 10.6. The Morgan fingerprint density at radius 3 is 2.29 bits per heavy atom. The lowest BCUT2D eigenvalue weighted by Crippen LogP contribution is -2.24. The maximum Gasteiger partial charge on any atom is 0.339 e. The number of hydrogen-bond donors (Lipinski definition) is 0. The quantitative estimate of drug-likeness (QED) is 0.452. The van der Waals surface area contributed by atoms with Crippen LogP contribution in [-0.4, -0.2) is 14.7 Å². The number of rotatable bonds is 1. The smallest absolute Gasteiger partial charge is 0.258 e. The van der Waals surface area contributed by atoms with Crippen LogP contribution >= 0.6 is 34.2 Å². The van der Waals surface area contributed by atoms with Gasteiger partial charge >= 0.3 is 5.69 Å². The summed E-state index contributed by atoms with van der Waals surface area (Å²) in [5.41, 5.74) is -0.434. The second-order valence-electron chi connectivity index (χ2n) is 3.77. The lowest BCUT2D eigenvalue weighted by Gasteiger charge is -2.19. The molecular weight excluding hydrogens is 320 g/mol. The second-order valence-corrected chi connectivity index (χ2v) is 5.15. The fraction of sp³-hybridized carbons (Fsp3) is 0.571. The van der Waals surface area contributed by atoms with E-state index >= 15 is 0 Å². The normalized spacial score (nSPS) is 11.8. The highest BCUT2D eigenvalue weighted by Crippen LogP contribution is 2.32. The minimum absolute atomic E-state index is 0.0608. The van der Waals surface area contributed by atoms with Crippen LogP contribution in [0.5, 0.6) is 0 Å². The van der Waals surface area contributed by atoms with Gasteiger partial charge in [-0.05, 0) is 43.4 Å². The first-order chi connectivity index (χ1) is 6.25. The van der Waals surface area contributed by atoms with E-state index in [2.05, 4.69) is 5.10 Å². The van der Waals surface area contributed by atoms with E-state index in [1.54, 1.807) is 4.68 Å². The number of hydrogen-bond acceptors (Lipinski definition) is 3. The maximum atomic E-state index is 10.6. The third kappa shape index (κ3) is 2.00. The molecule has 78 valence electrons. The number of nitro groups is 1. The van der Waals surface area contributed by atoms with Crippen LogP contribution in [-0.2, 0) is 5.54 Å². The third-order valence-electron chi connectivity index (χ3n) is 1.58. The zero-order valence-corrected chi connectivity index (χ0v) is 10.8. The van der Waals surface area contributed by atoms with Crippen molar-refractivity contribution in [2.24, 2.45) is 0 Å². The molecule has 0 radical (unpaired) electrons. The number of aromatic nitrogens is 2. The van der Waals surface area contributed by atoms with Crippen LogP contribution in [0.15, 0.2) is 0 Å². The minimum atomic E-state index is -0.515. The molecule has 0 saturated carbocycles. The van der Waals surface area contributed by atoms with Gasteiger partial charge in [0.1, 0.15) is 0 Å². The van der Waals surface area contributed by atoms with E-state index in [-0.39, 0.29) is 16.4 Å². The highest BCUT2D eigenvalue weighted by molar-refractivity contribution is 14.1. The van der Waals surface area contributed by atoms with E-state index in [0.29, 0.717) is 3.70 Å². The van der Waals surface area contributed by atoms with Gasteiger partial charge in [0.2, 0.25) is 5.15 Å². The summed E-state index contributed by atoms with van der Waals surface area (Å²) in [6.07, 6.45) is 0. The molecule has 0 spiro atoms. The van der Waals surface area contributed by atoms with Crippen molar-refractivity contribution < 1.29 is 4.92 Å². The van der Waals surface area contributed by atoms with Gasteiger partial charge in [-0.15, -0.1) is 0 Å². The molecule has 1 aromatic heterocycles. The van der Waals surface area contributed by atoms with Gasteiger partial charge in [-0.25, -0.2) is 4.68 Å². The van der Waals surface area contributed by atoms with E-state index in [9.17, 15) is 10.1 Å². The highest BCUT2D eigenvalue weighted by atomic mass is 127. The van der Waals surface area contributed by atoms with Crippen molar-refractivity contribution in [3.05, 3.63) is 19.0 Å². The highest BCUT2D eigenvalue weighted by Gasteiger charge is 2.29. The Labute approximate surface area is 99.7 Å². The van der Waals surface area contributed by atoms with Gasteiger partial charge in [0, 0.05) is 0 Å². The van der Waals surface area contributed by atoms with E-state index in [1.807, 2.05) is 43.4 Å².